The Labute approximate surface area is 86.9 Å². The summed E-state index contributed by atoms with van der Waals surface area (Å²) in [7, 11) is 0. The lowest BCUT2D eigenvalue weighted by Gasteiger charge is -2.05. The molecule has 76 valence electrons. The van der Waals surface area contributed by atoms with Gasteiger partial charge >= 0.3 is 0 Å². The Kier molecular flexibility index (Phi) is 4.12. The largest absolute Gasteiger partial charge is 0.367 e. The van der Waals surface area contributed by atoms with E-state index in [1.807, 2.05) is 0 Å². The fraction of sp³-hybridized carbons (Fsp3) is 0.375. The number of halogens is 1. The van der Waals surface area contributed by atoms with Crippen LogP contribution < -0.4 is 10.6 Å². The molecule has 5 nitrogen and oxygen atoms in total. The van der Waals surface area contributed by atoms with Crippen molar-refractivity contribution in [1.82, 2.24) is 15.3 Å². The summed E-state index contributed by atoms with van der Waals surface area (Å²) in [5.41, 5.74) is 0. The molecule has 0 saturated heterocycles. The molecule has 0 spiro atoms. The molecule has 1 rings (SSSR count). The van der Waals surface area contributed by atoms with Gasteiger partial charge in [0.1, 0.15) is 11.0 Å². The van der Waals surface area contributed by atoms with Crippen molar-refractivity contribution in [3.63, 3.8) is 0 Å². The van der Waals surface area contributed by atoms with Gasteiger partial charge < -0.3 is 10.6 Å². The molecule has 0 fully saturated rings. The Balaban J connectivity index is 2.28. The van der Waals surface area contributed by atoms with Crippen molar-refractivity contribution in [1.29, 1.82) is 0 Å². The van der Waals surface area contributed by atoms with Gasteiger partial charge in [-0.15, -0.1) is 0 Å². The molecule has 0 aliphatic rings. The first kappa shape index (κ1) is 10.7. The smallest absolute Gasteiger partial charge is 0.216 e. The molecule has 0 atom stereocenters. The molecule has 6 heteroatoms. The van der Waals surface area contributed by atoms with Gasteiger partial charge in [-0.1, -0.05) is 11.6 Å². The van der Waals surface area contributed by atoms with E-state index in [-0.39, 0.29) is 5.91 Å². The van der Waals surface area contributed by atoms with Crippen molar-refractivity contribution in [2.45, 2.75) is 6.92 Å². The van der Waals surface area contributed by atoms with Crippen LogP contribution in [0.4, 0.5) is 5.82 Å². The summed E-state index contributed by atoms with van der Waals surface area (Å²) in [6.07, 6.45) is 3.03. The van der Waals surface area contributed by atoms with Crippen LogP contribution in [0.15, 0.2) is 12.4 Å². The second-order valence-corrected chi connectivity index (χ2v) is 3.02. The van der Waals surface area contributed by atoms with E-state index < -0.39 is 0 Å². The molecular weight excluding hydrogens is 204 g/mol. The van der Waals surface area contributed by atoms with Gasteiger partial charge in [-0.2, -0.15) is 0 Å². The number of aromatic nitrogens is 2. The molecule has 2 N–H and O–H groups in total. The minimum absolute atomic E-state index is 0.0519. The summed E-state index contributed by atoms with van der Waals surface area (Å²) in [5.74, 6) is 0.548. The molecule has 14 heavy (non-hydrogen) atoms. The lowest BCUT2D eigenvalue weighted by atomic mass is 10.5. The number of carbonyl (C=O) groups is 1. The number of nitrogens with one attached hydrogen (secondary N) is 2. The number of nitrogens with zero attached hydrogens (tertiary/aromatic N) is 2. The number of hydrogen-bond donors (Lipinski definition) is 2. The van der Waals surface area contributed by atoms with E-state index in [0.717, 1.165) is 0 Å². The Morgan fingerprint density at radius 3 is 2.93 bits per heavy atom. The van der Waals surface area contributed by atoms with E-state index >= 15 is 0 Å². The Morgan fingerprint density at radius 1 is 1.50 bits per heavy atom. The highest BCUT2D eigenvalue weighted by Crippen LogP contribution is 2.05. The summed E-state index contributed by atoms with van der Waals surface area (Å²) in [5, 5.41) is 5.96. The average molecular weight is 215 g/mol. The minimum Gasteiger partial charge on any atom is -0.367 e. The minimum atomic E-state index is -0.0519. The van der Waals surface area contributed by atoms with Crippen molar-refractivity contribution in [2.75, 3.05) is 18.4 Å². The first-order valence-corrected chi connectivity index (χ1v) is 4.52. The van der Waals surface area contributed by atoms with Gasteiger partial charge in [0.05, 0.1) is 12.4 Å². The summed E-state index contributed by atoms with van der Waals surface area (Å²) in [6, 6.07) is 0. The summed E-state index contributed by atoms with van der Waals surface area (Å²) >= 11 is 5.62. The van der Waals surface area contributed by atoms with Crippen molar-refractivity contribution in [3.05, 3.63) is 17.5 Å². The molecule has 0 aliphatic heterocycles. The van der Waals surface area contributed by atoms with Gasteiger partial charge in [0.2, 0.25) is 5.91 Å². The van der Waals surface area contributed by atoms with Crippen molar-refractivity contribution in [3.8, 4) is 0 Å². The normalized spacial score (nSPS) is 9.57. The maximum Gasteiger partial charge on any atom is 0.216 e. The van der Waals surface area contributed by atoms with Crippen molar-refractivity contribution < 1.29 is 4.79 Å². The Hall–Kier alpha value is -1.36. The van der Waals surface area contributed by atoms with Crippen LogP contribution in [0.25, 0.3) is 0 Å². The van der Waals surface area contributed by atoms with Crippen LogP contribution in [0.1, 0.15) is 6.92 Å². The first-order chi connectivity index (χ1) is 6.68. The maximum atomic E-state index is 10.5. The monoisotopic (exact) mass is 214 g/mol. The van der Waals surface area contributed by atoms with E-state index in [9.17, 15) is 4.79 Å². The van der Waals surface area contributed by atoms with Crippen LogP contribution >= 0.6 is 11.6 Å². The highest BCUT2D eigenvalue weighted by atomic mass is 35.5. The number of anilines is 1. The molecule has 0 radical (unpaired) electrons. The Morgan fingerprint density at radius 2 is 2.29 bits per heavy atom. The predicted octanol–water partition coefficient (Wildman–Crippen LogP) is 0.678. The molecule has 1 aromatic heterocycles. The molecule has 0 bridgehead atoms. The Bertz CT molecular complexity index is 318. The SMILES string of the molecule is CC(=O)NCCNc1cncc(Cl)n1. The van der Waals surface area contributed by atoms with Crippen LogP contribution in [0.2, 0.25) is 5.15 Å². The van der Waals surface area contributed by atoms with Gasteiger partial charge in [0.15, 0.2) is 0 Å². The maximum absolute atomic E-state index is 10.5. The molecule has 1 heterocycles. The zero-order valence-corrected chi connectivity index (χ0v) is 8.51. The van der Waals surface area contributed by atoms with Gasteiger partial charge in [-0.3, -0.25) is 9.78 Å². The van der Waals surface area contributed by atoms with E-state index in [1.54, 1.807) is 6.20 Å². The third-order valence-corrected chi connectivity index (χ3v) is 1.59. The number of carbonyl (C=O) groups excluding carboxylic acids is 1. The van der Waals surface area contributed by atoms with E-state index in [0.29, 0.717) is 24.1 Å². The quantitative estimate of drug-likeness (QED) is 0.724. The second kappa shape index (κ2) is 5.39. The first-order valence-electron chi connectivity index (χ1n) is 4.14. The molecule has 0 unspecified atom stereocenters. The fourth-order valence-electron chi connectivity index (χ4n) is 0.856. The zero-order valence-electron chi connectivity index (χ0n) is 7.75. The third kappa shape index (κ3) is 4.04. The second-order valence-electron chi connectivity index (χ2n) is 2.64. The average Bonchev–Trinajstić information content (AvgIpc) is 2.12. The molecular formula is C8H11ClN4O. The third-order valence-electron chi connectivity index (χ3n) is 1.41. The zero-order chi connectivity index (χ0) is 10.4. The van der Waals surface area contributed by atoms with Crippen molar-refractivity contribution in [2.24, 2.45) is 0 Å². The highest BCUT2D eigenvalue weighted by molar-refractivity contribution is 6.29. The van der Waals surface area contributed by atoms with Crippen LogP contribution in [-0.4, -0.2) is 29.0 Å². The summed E-state index contributed by atoms with van der Waals surface area (Å²) < 4.78 is 0. The number of rotatable bonds is 4. The highest BCUT2D eigenvalue weighted by Gasteiger charge is 1.95. The topological polar surface area (TPSA) is 66.9 Å². The fourth-order valence-corrected chi connectivity index (χ4v) is 1.00. The van der Waals surface area contributed by atoms with Crippen LogP contribution in [0, 0.1) is 0 Å². The summed E-state index contributed by atoms with van der Waals surface area (Å²) in [6.45, 7) is 2.61. The van der Waals surface area contributed by atoms with E-state index in [2.05, 4.69) is 20.6 Å². The van der Waals surface area contributed by atoms with Gasteiger partial charge in [0.25, 0.3) is 0 Å². The van der Waals surface area contributed by atoms with Crippen LogP contribution in [0.5, 0.6) is 0 Å². The lowest BCUT2D eigenvalue weighted by molar-refractivity contribution is -0.118. The number of hydrogen-bond acceptors (Lipinski definition) is 4. The van der Waals surface area contributed by atoms with E-state index in [1.165, 1.54) is 13.1 Å². The van der Waals surface area contributed by atoms with Crippen LogP contribution in [0.3, 0.4) is 0 Å². The summed E-state index contributed by atoms with van der Waals surface area (Å²) in [4.78, 5) is 18.3. The standard InChI is InChI=1S/C8H11ClN4O/c1-6(14)11-2-3-12-8-5-10-4-7(9)13-8/h4-5H,2-3H2,1H3,(H,11,14)(H,12,13). The molecule has 0 saturated carbocycles. The van der Waals surface area contributed by atoms with Gasteiger partial charge in [-0.05, 0) is 0 Å². The number of amides is 1. The van der Waals surface area contributed by atoms with Crippen LogP contribution in [-0.2, 0) is 4.79 Å². The van der Waals surface area contributed by atoms with Crippen molar-refractivity contribution >= 4 is 23.3 Å². The van der Waals surface area contributed by atoms with Gasteiger partial charge in [-0.25, -0.2) is 4.98 Å². The molecule has 1 amide bonds. The van der Waals surface area contributed by atoms with E-state index in [4.69, 9.17) is 11.6 Å². The molecule has 0 aromatic carbocycles. The lowest BCUT2D eigenvalue weighted by Crippen LogP contribution is -2.26. The molecule has 0 aliphatic carbocycles. The predicted molar refractivity (Wildman–Crippen MR) is 54.2 cm³/mol. The van der Waals surface area contributed by atoms with Gasteiger partial charge in [0, 0.05) is 20.0 Å². The molecule has 1 aromatic rings.